The monoisotopic (exact) mass is 314 g/mol. The zero-order valence-electron chi connectivity index (χ0n) is 12.4. The molecule has 7 heteroatoms. The Morgan fingerprint density at radius 1 is 1.14 bits per heavy atom. The number of benzene rings is 1. The first kappa shape index (κ1) is 17.5. The van der Waals surface area contributed by atoms with Crippen LogP contribution in [0.2, 0.25) is 0 Å². The molecular weight excluding hydrogens is 292 g/mol. The minimum Gasteiger partial charge on any atom is -0.494 e. The van der Waals surface area contributed by atoms with Gasteiger partial charge >= 0.3 is 0 Å². The topological polar surface area (TPSA) is 84.5 Å². The normalized spacial score (nSPS) is 11.1. The molecule has 1 aromatic rings. The second kappa shape index (κ2) is 8.63. The van der Waals surface area contributed by atoms with Crippen molar-refractivity contribution < 1.29 is 17.9 Å². The van der Waals surface area contributed by atoms with Gasteiger partial charge < -0.3 is 10.1 Å². The molecule has 0 aliphatic rings. The number of hydrogen-bond donors (Lipinski definition) is 2. The van der Waals surface area contributed by atoms with Crippen molar-refractivity contribution in [2.75, 3.05) is 19.7 Å². The highest BCUT2D eigenvalue weighted by Crippen LogP contribution is 2.15. The van der Waals surface area contributed by atoms with Crippen LogP contribution in [-0.4, -0.2) is 34.0 Å². The Labute approximate surface area is 125 Å². The summed E-state index contributed by atoms with van der Waals surface area (Å²) in [6.45, 7) is 5.01. The molecule has 0 spiro atoms. The molecule has 0 bridgehead atoms. The fraction of sp³-hybridized carbons (Fsp3) is 0.500. The molecular formula is C14H22N2O4S. The van der Waals surface area contributed by atoms with E-state index in [2.05, 4.69) is 10.0 Å². The fourth-order valence-corrected chi connectivity index (χ4v) is 2.65. The number of rotatable bonds is 9. The molecule has 0 aliphatic heterocycles. The van der Waals surface area contributed by atoms with E-state index in [-0.39, 0.29) is 23.8 Å². The Bertz CT molecular complexity index is 541. The maximum absolute atomic E-state index is 12.0. The lowest BCUT2D eigenvalue weighted by atomic mass is 10.3. The third-order valence-corrected chi connectivity index (χ3v) is 4.14. The number of carbonyl (C=O) groups is 1. The molecule has 0 radical (unpaired) electrons. The Morgan fingerprint density at radius 3 is 2.38 bits per heavy atom. The molecule has 0 aliphatic carbocycles. The van der Waals surface area contributed by atoms with Gasteiger partial charge in [-0.05, 0) is 37.6 Å². The predicted molar refractivity (Wildman–Crippen MR) is 80.7 cm³/mol. The lowest BCUT2D eigenvalue weighted by Gasteiger charge is -2.08. The first-order valence-corrected chi connectivity index (χ1v) is 8.47. The van der Waals surface area contributed by atoms with Gasteiger partial charge in [-0.1, -0.05) is 6.92 Å². The van der Waals surface area contributed by atoms with Crippen molar-refractivity contribution in [2.24, 2.45) is 0 Å². The van der Waals surface area contributed by atoms with E-state index >= 15 is 0 Å². The SMILES string of the molecule is CCCNC(=O)CCNS(=O)(=O)c1ccc(OCC)cc1. The van der Waals surface area contributed by atoms with E-state index in [1.54, 1.807) is 12.1 Å². The highest BCUT2D eigenvalue weighted by molar-refractivity contribution is 7.89. The molecule has 1 amide bonds. The first-order chi connectivity index (χ1) is 9.99. The summed E-state index contributed by atoms with van der Waals surface area (Å²) in [5, 5.41) is 2.69. The van der Waals surface area contributed by atoms with Crippen molar-refractivity contribution in [1.29, 1.82) is 0 Å². The first-order valence-electron chi connectivity index (χ1n) is 6.98. The second-order valence-corrected chi connectivity index (χ2v) is 6.17. The maximum Gasteiger partial charge on any atom is 0.240 e. The molecule has 0 atom stereocenters. The lowest BCUT2D eigenvalue weighted by Crippen LogP contribution is -2.31. The van der Waals surface area contributed by atoms with Crippen molar-refractivity contribution in [3.05, 3.63) is 24.3 Å². The van der Waals surface area contributed by atoms with Gasteiger partial charge in [0, 0.05) is 19.5 Å². The van der Waals surface area contributed by atoms with Crippen LogP contribution >= 0.6 is 0 Å². The van der Waals surface area contributed by atoms with Crippen LogP contribution in [0.4, 0.5) is 0 Å². The van der Waals surface area contributed by atoms with Crippen LogP contribution in [0.25, 0.3) is 0 Å². The third-order valence-electron chi connectivity index (χ3n) is 2.66. The molecule has 0 saturated carbocycles. The van der Waals surface area contributed by atoms with Crippen LogP contribution in [0.15, 0.2) is 29.2 Å². The minimum atomic E-state index is -3.59. The molecule has 21 heavy (non-hydrogen) atoms. The summed E-state index contributed by atoms with van der Waals surface area (Å²) in [5.74, 6) is 0.460. The Balaban J connectivity index is 2.51. The summed E-state index contributed by atoms with van der Waals surface area (Å²) in [6.07, 6.45) is 0.972. The largest absolute Gasteiger partial charge is 0.494 e. The molecule has 0 fully saturated rings. The molecule has 1 aromatic carbocycles. The zero-order valence-corrected chi connectivity index (χ0v) is 13.2. The van der Waals surface area contributed by atoms with Crippen LogP contribution in [0, 0.1) is 0 Å². The highest BCUT2D eigenvalue weighted by atomic mass is 32.2. The van der Waals surface area contributed by atoms with Crippen LogP contribution < -0.4 is 14.8 Å². The van der Waals surface area contributed by atoms with Gasteiger partial charge in [-0.2, -0.15) is 0 Å². The number of sulfonamides is 1. The quantitative estimate of drug-likeness (QED) is 0.719. The molecule has 2 N–H and O–H groups in total. The van der Waals surface area contributed by atoms with Gasteiger partial charge in [0.05, 0.1) is 11.5 Å². The van der Waals surface area contributed by atoms with Crippen molar-refractivity contribution in [1.82, 2.24) is 10.0 Å². The number of carbonyl (C=O) groups excluding carboxylic acids is 1. The molecule has 0 saturated heterocycles. The fourth-order valence-electron chi connectivity index (χ4n) is 1.62. The summed E-state index contributed by atoms with van der Waals surface area (Å²) in [5.41, 5.74) is 0. The van der Waals surface area contributed by atoms with Crippen LogP contribution in [-0.2, 0) is 14.8 Å². The molecule has 118 valence electrons. The van der Waals surface area contributed by atoms with Gasteiger partial charge in [-0.25, -0.2) is 13.1 Å². The van der Waals surface area contributed by atoms with Crippen molar-refractivity contribution >= 4 is 15.9 Å². The van der Waals surface area contributed by atoms with E-state index in [9.17, 15) is 13.2 Å². The zero-order chi connectivity index (χ0) is 15.7. The maximum atomic E-state index is 12.0. The molecule has 0 unspecified atom stereocenters. The van der Waals surface area contributed by atoms with E-state index < -0.39 is 10.0 Å². The van der Waals surface area contributed by atoms with E-state index in [1.165, 1.54) is 12.1 Å². The van der Waals surface area contributed by atoms with Gasteiger partial charge in [0.25, 0.3) is 0 Å². The molecule has 1 rings (SSSR count). The van der Waals surface area contributed by atoms with Crippen LogP contribution in [0.1, 0.15) is 26.7 Å². The highest BCUT2D eigenvalue weighted by Gasteiger charge is 2.14. The summed E-state index contributed by atoms with van der Waals surface area (Å²) in [6, 6.07) is 6.16. The summed E-state index contributed by atoms with van der Waals surface area (Å²) < 4.78 is 31.7. The molecule has 6 nitrogen and oxygen atoms in total. The Kier molecular flexibility index (Phi) is 7.18. The minimum absolute atomic E-state index is 0.0745. The van der Waals surface area contributed by atoms with Gasteiger partial charge in [0.1, 0.15) is 5.75 Å². The third kappa shape index (κ3) is 6.14. The predicted octanol–water partition coefficient (Wildman–Crippen LogP) is 1.28. The number of hydrogen-bond acceptors (Lipinski definition) is 4. The smallest absolute Gasteiger partial charge is 0.240 e. The van der Waals surface area contributed by atoms with E-state index in [0.717, 1.165) is 6.42 Å². The van der Waals surface area contributed by atoms with Crippen LogP contribution in [0.5, 0.6) is 5.75 Å². The van der Waals surface area contributed by atoms with E-state index in [4.69, 9.17) is 4.74 Å². The van der Waals surface area contributed by atoms with E-state index in [1.807, 2.05) is 13.8 Å². The van der Waals surface area contributed by atoms with Crippen LogP contribution in [0.3, 0.4) is 0 Å². The lowest BCUT2D eigenvalue weighted by molar-refractivity contribution is -0.120. The van der Waals surface area contributed by atoms with Gasteiger partial charge in [0.2, 0.25) is 15.9 Å². The summed E-state index contributed by atoms with van der Waals surface area (Å²) >= 11 is 0. The average molecular weight is 314 g/mol. The molecule has 0 aromatic heterocycles. The number of amides is 1. The van der Waals surface area contributed by atoms with Gasteiger partial charge in [-0.3, -0.25) is 4.79 Å². The Hall–Kier alpha value is -1.60. The van der Waals surface area contributed by atoms with Crippen molar-refractivity contribution in [2.45, 2.75) is 31.6 Å². The summed E-state index contributed by atoms with van der Waals surface area (Å²) in [7, 11) is -3.59. The number of ether oxygens (including phenoxy) is 1. The molecule has 0 heterocycles. The second-order valence-electron chi connectivity index (χ2n) is 4.40. The van der Waals surface area contributed by atoms with Gasteiger partial charge in [0.15, 0.2) is 0 Å². The number of nitrogens with one attached hydrogen (secondary N) is 2. The van der Waals surface area contributed by atoms with Crippen molar-refractivity contribution in [3.8, 4) is 5.75 Å². The van der Waals surface area contributed by atoms with E-state index in [0.29, 0.717) is 18.9 Å². The standard InChI is InChI=1S/C14H22N2O4S/c1-3-10-15-14(17)9-11-16-21(18,19)13-7-5-12(6-8-13)20-4-2/h5-8,16H,3-4,9-11H2,1-2H3,(H,15,17). The average Bonchev–Trinajstić information content (AvgIpc) is 2.46. The Morgan fingerprint density at radius 2 is 1.81 bits per heavy atom. The van der Waals surface area contributed by atoms with Gasteiger partial charge in [-0.15, -0.1) is 0 Å². The van der Waals surface area contributed by atoms with Crippen molar-refractivity contribution in [3.63, 3.8) is 0 Å². The summed E-state index contributed by atoms with van der Waals surface area (Å²) in [4.78, 5) is 11.5.